The number of rotatable bonds is 6. The normalized spacial score (nSPS) is 15.6. The largest absolute Gasteiger partial charge is 0.474 e. The maximum absolute atomic E-state index is 5.98. The molecule has 0 amide bonds. The minimum Gasteiger partial charge on any atom is -0.474 e. The molecule has 2 rings (SSSR count). The van der Waals surface area contributed by atoms with E-state index < -0.39 is 0 Å². The number of hydrogen-bond donors (Lipinski definition) is 2. The summed E-state index contributed by atoms with van der Waals surface area (Å²) in [5.41, 5.74) is 6.79. The number of hydrogen-bond acceptors (Lipinski definition) is 3. The molecular weight excluding hydrogens is 379 g/mol. The standard InChI is InChI=1S/C15H24N4O.HI/c1-2-9-18-15(16)19-11-12-6-5-10-17-14(12)20-13-7-3-4-8-13;/h5-6,10,13H,2-4,7-9,11H2,1H3,(H3,16,18,19);1H. The molecule has 0 spiro atoms. The number of nitrogens with zero attached hydrogens (tertiary/aromatic N) is 2. The minimum absolute atomic E-state index is 0. The van der Waals surface area contributed by atoms with E-state index in [1.54, 1.807) is 6.20 Å². The van der Waals surface area contributed by atoms with Gasteiger partial charge in [-0.3, -0.25) is 0 Å². The Balaban J connectivity index is 0.00000220. The highest BCUT2D eigenvalue weighted by Crippen LogP contribution is 2.25. The van der Waals surface area contributed by atoms with Crippen molar-refractivity contribution in [3.63, 3.8) is 0 Å². The first-order valence-electron chi connectivity index (χ1n) is 7.44. The lowest BCUT2D eigenvalue weighted by Crippen LogP contribution is -2.32. The van der Waals surface area contributed by atoms with E-state index in [9.17, 15) is 0 Å². The third kappa shape index (κ3) is 6.07. The van der Waals surface area contributed by atoms with Crippen LogP contribution in [-0.2, 0) is 6.54 Å². The van der Waals surface area contributed by atoms with Crippen LogP contribution in [0.15, 0.2) is 23.3 Å². The van der Waals surface area contributed by atoms with E-state index >= 15 is 0 Å². The molecule has 3 N–H and O–H groups in total. The summed E-state index contributed by atoms with van der Waals surface area (Å²) in [5, 5.41) is 3.06. The summed E-state index contributed by atoms with van der Waals surface area (Å²) >= 11 is 0. The predicted octanol–water partition coefficient (Wildman–Crippen LogP) is 2.84. The van der Waals surface area contributed by atoms with Crippen LogP contribution in [0.5, 0.6) is 5.88 Å². The first kappa shape index (κ1) is 18.0. The van der Waals surface area contributed by atoms with Gasteiger partial charge in [0.15, 0.2) is 5.96 Å². The average Bonchev–Trinajstić information content (AvgIpc) is 2.97. The molecule has 0 bridgehead atoms. The first-order valence-corrected chi connectivity index (χ1v) is 7.44. The van der Waals surface area contributed by atoms with E-state index in [1.807, 2.05) is 12.1 Å². The zero-order chi connectivity index (χ0) is 14.2. The quantitative estimate of drug-likeness (QED) is 0.435. The lowest BCUT2D eigenvalue weighted by molar-refractivity contribution is 0.199. The molecule has 0 radical (unpaired) electrons. The molecule has 1 aromatic rings. The number of pyridine rings is 1. The first-order chi connectivity index (χ1) is 9.79. The summed E-state index contributed by atoms with van der Waals surface area (Å²) in [6, 6.07) is 3.90. The van der Waals surface area contributed by atoms with Crippen LogP contribution in [0.1, 0.15) is 44.6 Å². The van der Waals surface area contributed by atoms with Crippen LogP contribution < -0.4 is 15.8 Å². The molecule has 0 unspecified atom stereocenters. The molecule has 1 saturated carbocycles. The summed E-state index contributed by atoms with van der Waals surface area (Å²) in [6.07, 6.45) is 7.84. The van der Waals surface area contributed by atoms with Gasteiger partial charge >= 0.3 is 0 Å². The fraction of sp³-hybridized carbons (Fsp3) is 0.600. The second-order valence-electron chi connectivity index (χ2n) is 5.12. The fourth-order valence-electron chi connectivity index (χ4n) is 2.29. The third-order valence-electron chi connectivity index (χ3n) is 3.41. The summed E-state index contributed by atoms with van der Waals surface area (Å²) < 4.78 is 5.98. The molecule has 118 valence electrons. The number of aliphatic imine (C=N–C) groups is 1. The van der Waals surface area contributed by atoms with Gasteiger partial charge in [0.1, 0.15) is 6.10 Å². The van der Waals surface area contributed by atoms with Gasteiger partial charge in [-0.25, -0.2) is 9.98 Å². The molecule has 1 heterocycles. The maximum atomic E-state index is 5.98. The van der Waals surface area contributed by atoms with Crippen molar-refractivity contribution in [1.82, 2.24) is 10.3 Å². The van der Waals surface area contributed by atoms with Crippen molar-refractivity contribution >= 4 is 29.9 Å². The van der Waals surface area contributed by atoms with Crippen LogP contribution >= 0.6 is 24.0 Å². The van der Waals surface area contributed by atoms with Gasteiger partial charge in [0, 0.05) is 18.3 Å². The fourth-order valence-corrected chi connectivity index (χ4v) is 2.29. The lowest BCUT2D eigenvalue weighted by atomic mass is 10.2. The maximum Gasteiger partial charge on any atom is 0.218 e. The average molecular weight is 404 g/mol. The molecular formula is C15H25IN4O. The van der Waals surface area contributed by atoms with E-state index in [0.717, 1.165) is 31.4 Å². The summed E-state index contributed by atoms with van der Waals surface area (Å²) in [6.45, 7) is 3.43. The number of guanidine groups is 1. The zero-order valence-electron chi connectivity index (χ0n) is 12.5. The molecule has 21 heavy (non-hydrogen) atoms. The highest BCUT2D eigenvalue weighted by molar-refractivity contribution is 14.0. The smallest absolute Gasteiger partial charge is 0.218 e. The molecule has 0 saturated heterocycles. The molecule has 1 aliphatic rings. The highest BCUT2D eigenvalue weighted by Gasteiger charge is 2.18. The van der Waals surface area contributed by atoms with Gasteiger partial charge < -0.3 is 15.8 Å². The van der Waals surface area contributed by atoms with E-state index in [-0.39, 0.29) is 24.0 Å². The van der Waals surface area contributed by atoms with E-state index in [2.05, 4.69) is 22.2 Å². The van der Waals surface area contributed by atoms with Crippen molar-refractivity contribution in [3.8, 4) is 5.88 Å². The monoisotopic (exact) mass is 404 g/mol. The van der Waals surface area contributed by atoms with Gasteiger partial charge in [-0.2, -0.15) is 0 Å². The summed E-state index contributed by atoms with van der Waals surface area (Å²) in [4.78, 5) is 8.66. The van der Waals surface area contributed by atoms with Crippen molar-refractivity contribution in [2.24, 2.45) is 10.7 Å². The Bertz CT molecular complexity index is 447. The summed E-state index contributed by atoms with van der Waals surface area (Å²) in [5.74, 6) is 1.17. The molecule has 5 nitrogen and oxygen atoms in total. The second-order valence-corrected chi connectivity index (χ2v) is 5.12. The van der Waals surface area contributed by atoms with Gasteiger partial charge in [-0.15, -0.1) is 24.0 Å². The number of halogens is 1. The molecule has 1 aromatic heterocycles. The van der Waals surface area contributed by atoms with Crippen molar-refractivity contribution in [1.29, 1.82) is 0 Å². The number of ether oxygens (including phenoxy) is 1. The van der Waals surface area contributed by atoms with Crippen LogP contribution in [0.4, 0.5) is 0 Å². The predicted molar refractivity (Wildman–Crippen MR) is 96.2 cm³/mol. The molecule has 1 aliphatic carbocycles. The van der Waals surface area contributed by atoms with Crippen LogP contribution in [0, 0.1) is 0 Å². The molecule has 1 fully saturated rings. The van der Waals surface area contributed by atoms with Crippen molar-refractivity contribution in [3.05, 3.63) is 23.9 Å². The second kappa shape index (κ2) is 9.81. The van der Waals surface area contributed by atoms with Crippen LogP contribution in [-0.4, -0.2) is 23.6 Å². The van der Waals surface area contributed by atoms with Crippen molar-refractivity contribution in [2.75, 3.05) is 6.54 Å². The Morgan fingerprint density at radius 1 is 1.48 bits per heavy atom. The zero-order valence-corrected chi connectivity index (χ0v) is 14.9. The number of nitrogens with one attached hydrogen (secondary N) is 1. The lowest BCUT2D eigenvalue weighted by Gasteiger charge is -2.14. The van der Waals surface area contributed by atoms with E-state index in [4.69, 9.17) is 10.5 Å². The highest BCUT2D eigenvalue weighted by atomic mass is 127. The SMILES string of the molecule is CCCNC(N)=NCc1cccnc1OC1CCCC1.I. The Morgan fingerprint density at radius 2 is 2.24 bits per heavy atom. The van der Waals surface area contributed by atoms with E-state index in [0.29, 0.717) is 24.5 Å². The van der Waals surface area contributed by atoms with Crippen LogP contribution in [0.3, 0.4) is 0 Å². The van der Waals surface area contributed by atoms with Crippen LogP contribution in [0.25, 0.3) is 0 Å². The number of aromatic nitrogens is 1. The Kier molecular flexibility index (Phi) is 8.41. The minimum atomic E-state index is 0. The topological polar surface area (TPSA) is 72.5 Å². The Morgan fingerprint density at radius 3 is 2.95 bits per heavy atom. The molecule has 0 aliphatic heterocycles. The van der Waals surface area contributed by atoms with Crippen molar-refractivity contribution < 1.29 is 4.74 Å². The van der Waals surface area contributed by atoms with Crippen molar-refractivity contribution in [2.45, 2.75) is 51.7 Å². The molecule has 0 aromatic carbocycles. The third-order valence-corrected chi connectivity index (χ3v) is 3.41. The van der Waals surface area contributed by atoms with Gasteiger partial charge in [0.05, 0.1) is 6.54 Å². The van der Waals surface area contributed by atoms with Gasteiger partial charge in [-0.05, 0) is 38.2 Å². The molecule has 6 heteroatoms. The van der Waals surface area contributed by atoms with Crippen LogP contribution in [0.2, 0.25) is 0 Å². The van der Waals surface area contributed by atoms with Gasteiger partial charge in [0.2, 0.25) is 5.88 Å². The number of nitrogens with two attached hydrogens (primary N) is 1. The van der Waals surface area contributed by atoms with Gasteiger partial charge in [0.25, 0.3) is 0 Å². The van der Waals surface area contributed by atoms with Gasteiger partial charge in [-0.1, -0.05) is 13.0 Å². The summed E-state index contributed by atoms with van der Waals surface area (Å²) in [7, 11) is 0. The van der Waals surface area contributed by atoms with E-state index in [1.165, 1.54) is 12.8 Å². The Labute approximate surface area is 143 Å². The Hall–Kier alpha value is -1.05. The molecule has 0 atom stereocenters.